The molecule has 1 aromatic heterocycles. The molecule has 1 fully saturated rings. The van der Waals surface area contributed by atoms with E-state index in [0.29, 0.717) is 11.3 Å². The number of ether oxygens (including phenoxy) is 1. The normalized spacial score (nSPS) is 17.8. The SMILES string of the molecule is COc1ccccc1N1CCN(CCCC2CCc3onc(-c4ccccc4)c3C2=O)CC1.Cl.Cl. The third-order valence-electron chi connectivity index (χ3n) is 6.97. The third-order valence-corrected chi connectivity index (χ3v) is 6.97. The van der Waals surface area contributed by atoms with Crippen molar-refractivity contribution in [2.24, 2.45) is 5.92 Å². The number of carbonyl (C=O) groups excluding carboxylic acids is 1. The van der Waals surface area contributed by atoms with Crippen molar-refractivity contribution in [3.8, 4) is 17.0 Å². The van der Waals surface area contributed by atoms with Crippen molar-refractivity contribution in [3.63, 3.8) is 0 Å². The summed E-state index contributed by atoms with van der Waals surface area (Å²) in [6, 6.07) is 18.1. The monoisotopic (exact) mass is 517 g/mol. The van der Waals surface area contributed by atoms with Gasteiger partial charge >= 0.3 is 0 Å². The van der Waals surface area contributed by atoms with Crippen molar-refractivity contribution in [1.82, 2.24) is 10.1 Å². The summed E-state index contributed by atoms with van der Waals surface area (Å²) >= 11 is 0. The summed E-state index contributed by atoms with van der Waals surface area (Å²) in [5, 5.41) is 4.23. The quantitative estimate of drug-likeness (QED) is 0.409. The number of hydrogen-bond acceptors (Lipinski definition) is 6. The topological polar surface area (TPSA) is 58.8 Å². The molecule has 1 atom stereocenters. The zero-order chi connectivity index (χ0) is 22.6. The number of anilines is 1. The summed E-state index contributed by atoms with van der Waals surface area (Å²) in [7, 11) is 1.73. The van der Waals surface area contributed by atoms with Gasteiger partial charge in [0.2, 0.25) is 0 Å². The van der Waals surface area contributed by atoms with Crippen LogP contribution in [0.5, 0.6) is 5.75 Å². The summed E-state index contributed by atoms with van der Waals surface area (Å²) in [5.74, 6) is 1.96. The highest BCUT2D eigenvalue weighted by Crippen LogP contribution is 2.35. The number of Topliss-reactive ketones (excluding diaryl/α,β-unsaturated/α-hetero) is 1. The first-order valence-electron chi connectivity index (χ1n) is 11.9. The Morgan fingerprint density at radius 2 is 1.71 bits per heavy atom. The van der Waals surface area contributed by atoms with Crippen molar-refractivity contribution in [2.75, 3.05) is 44.7 Å². The van der Waals surface area contributed by atoms with Crippen LogP contribution in [0.4, 0.5) is 5.69 Å². The van der Waals surface area contributed by atoms with E-state index < -0.39 is 0 Å². The number of piperazine rings is 1. The Morgan fingerprint density at radius 3 is 2.46 bits per heavy atom. The molecule has 1 unspecified atom stereocenters. The van der Waals surface area contributed by atoms with Crippen LogP contribution in [-0.2, 0) is 6.42 Å². The van der Waals surface area contributed by atoms with Crippen LogP contribution >= 0.6 is 24.8 Å². The highest BCUT2D eigenvalue weighted by atomic mass is 35.5. The minimum absolute atomic E-state index is 0. The number of methoxy groups -OCH3 is 1. The van der Waals surface area contributed by atoms with Gasteiger partial charge in [0.25, 0.3) is 0 Å². The highest BCUT2D eigenvalue weighted by Gasteiger charge is 2.33. The molecule has 1 aliphatic carbocycles. The maximum Gasteiger partial charge on any atom is 0.171 e. The zero-order valence-corrected chi connectivity index (χ0v) is 21.7. The van der Waals surface area contributed by atoms with Crippen LogP contribution in [0, 0.1) is 5.92 Å². The first kappa shape index (κ1) is 27.1. The van der Waals surface area contributed by atoms with Gasteiger partial charge in [-0.05, 0) is 37.9 Å². The molecular weight excluding hydrogens is 485 g/mol. The summed E-state index contributed by atoms with van der Waals surface area (Å²) < 4.78 is 11.1. The lowest BCUT2D eigenvalue weighted by molar-refractivity contribution is 0.0884. The number of benzene rings is 2. The van der Waals surface area contributed by atoms with Crippen LogP contribution < -0.4 is 9.64 Å². The first-order valence-corrected chi connectivity index (χ1v) is 11.9. The van der Waals surface area contributed by atoms with Gasteiger partial charge in [-0.25, -0.2) is 0 Å². The Labute approximate surface area is 219 Å². The lowest BCUT2D eigenvalue weighted by atomic mass is 9.82. The number of fused-ring (bicyclic) bond motifs is 1. The predicted octanol–water partition coefficient (Wildman–Crippen LogP) is 5.54. The van der Waals surface area contributed by atoms with Crippen LogP contribution in [0.2, 0.25) is 0 Å². The van der Waals surface area contributed by atoms with Gasteiger partial charge in [0.05, 0.1) is 18.4 Å². The number of hydrogen-bond donors (Lipinski definition) is 0. The van der Waals surface area contributed by atoms with Crippen molar-refractivity contribution in [1.29, 1.82) is 0 Å². The lowest BCUT2D eigenvalue weighted by Crippen LogP contribution is -2.46. The van der Waals surface area contributed by atoms with Crippen molar-refractivity contribution >= 4 is 36.3 Å². The minimum Gasteiger partial charge on any atom is -0.495 e. The number of aromatic nitrogens is 1. The summed E-state index contributed by atoms with van der Waals surface area (Å²) in [6.07, 6.45) is 3.61. The molecular formula is C27H33Cl2N3O3. The number of ketones is 1. The molecule has 2 aliphatic rings. The number of halogens is 2. The van der Waals surface area contributed by atoms with Gasteiger partial charge in [-0.3, -0.25) is 9.69 Å². The molecule has 0 amide bonds. The molecule has 8 heteroatoms. The average molecular weight is 518 g/mol. The molecule has 2 heterocycles. The minimum atomic E-state index is 0. The Hall–Kier alpha value is -2.54. The maximum atomic E-state index is 13.3. The smallest absolute Gasteiger partial charge is 0.171 e. The number of nitrogens with zero attached hydrogens (tertiary/aromatic N) is 3. The van der Waals surface area contributed by atoms with Gasteiger partial charge in [0.15, 0.2) is 5.78 Å². The molecule has 5 rings (SSSR count). The molecule has 3 aromatic rings. The average Bonchev–Trinajstić information content (AvgIpc) is 3.31. The molecule has 0 radical (unpaired) electrons. The molecule has 0 bridgehead atoms. The number of rotatable bonds is 7. The molecule has 2 aromatic carbocycles. The molecule has 0 spiro atoms. The van der Waals surface area contributed by atoms with Crippen LogP contribution in [0.25, 0.3) is 11.3 Å². The van der Waals surface area contributed by atoms with Crippen LogP contribution in [0.3, 0.4) is 0 Å². The highest BCUT2D eigenvalue weighted by molar-refractivity contribution is 6.04. The van der Waals surface area contributed by atoms with E-state index in [4.69, 9.17) is 9.26 Å². The largest absolute Gasteiger partial charge is 0.495 e. The van der Waals surface area contributed by atoms with E-state index in [-0.39, 0.29) is 36.5 Å². The fourth-order valence-electron chi connectivity index (χ4n) is 5.12. The molecule has 0 saturated carbocycles. The molecule has 0 N–H and O–H groups in total. The summed E-state index contributed by atoms with van der Waals surface area (Å²) in [6.45, 7) is 5.08. The lowest BCUT2D eigenvalue weighted by Gasteiger charge is -2.36. The molecule has 35 heavy (non-hydrogen) atoms. The Balaban J connectivity index is 0.00000171. The fourth-order valence-corrected chi connectivity index (χ4v) is 5.12. The second-order valence-electron chi connectivity index (χ2n) is 8.94. The van der Waals surface area contributed by atoms with Gasteiger partial charge < -0.3 is 14.2 Å². The molecule has 1 saturated heterocycles. The third kappa shape index (κ3) is 5.83. The van der Waals surface area contributed by atoms with Gasteiger partial charge in [0.1, 0.15) is 17.2 Å². The van der Waals surface area contributed by atoms with E-state index in [1.54, 1.807) is 7.11 Å². The van der Waals surface area contributed by atoms with E-state index in [9.17, 15) is 4.79 Å². The molecule has 188 valence electrons. The zero-order valence-electron chi connectivity index (χ0n) is 20.0. The number of carbonyl (C=O) groups is 1. The summed E-state index contributed by atoms with van der Waals surface area (Å²) in [5.41, 5.74) is 3.53. The van der Waals surface area contributed by atoms with E-state index in [1.807, 2.05) is 42.5 Å². The van der Waals surface area contributed by atoms with E-state index in [0.717, 1.165) is 75.5 Å². The van der Waals surface area contributed by atoms with Crippen LogP contribution in [0.1, 0.15) is 35.4 Å². The summed E-state index contributed by atoms with van der Waals surface area (Å²) in [4.78, 5) is 18.2. The first-order chi connectivity index (χ1) is 16.2. The van der Waals surface area contributed by atoms with Crippen LogP contribution in [0.15, 0.2) is 59.1 Å². The predicted molar refractivity (Wildman–Crippen MR) is 143 cm³/mol. The Bertz CT molecular complexity index is 1100. The number of para-hydroxylation sites is 2. The second kappa shape index (κ2) is 12.4. The molecule has 6 nitrogen and oxygen atoms in total. The van der Waals surface area contributed by atoms with Gasteiger partial charge in [-0.2, -0.15) is 0 Å². The maximum absolute atomic E-state index is 13.3. The van der Waals surface area contributed by atoms with Crippen molar-refractivity contribution in [2.45, 2.75) is 25.7 Å². The van der Waals surface area contributed by atoms with Crippen LogP contribution in [-0.4, -0.2) is 55.7 Å². The second-order valence-corrected chi connectivity index (χ2v) is 8.94. The van der Waals surface area contributed by atoms with E-state index >= 15 is 0 Å². The number of aryl methyl sites for hydroxylation is 1. The molecule has 1 aliphatic heterocycles. The fraction of sp³-hybridized carbons (Fsp3) is 0.407. The Morgan fingerprint density at radius 1 is 1.00 bits per heavy atom. The van der Waals surface area contributed by atoms with E-state index in [1.165, 1.54) is 5.69 Å². The van der Waals surface area contributed by atoms with Gasteiger partial charge in [0, 0.05) is 44.1 Å². The standard InChI is InChI=1S/C27H31N3O3.2ClH/c1-32-23-12-6-5-11-22(23)30-18-16-29(17-19-30)15-7-10-21-13-14-24-25(27(21)31)26(28-33-24)20-8-3-2-4-9-20;;/h2-6,8-9,11-12,21H,7,10,13-19H2,1H3;2*1H. The van der Waals surface area contributed by atoms with E-state index in [2.05, 4.69) is 27.1 Å². The van der Waals surface area contributed by atoms with Gasteiger partial charge in [-0.15, -0.1) is 24.8 Å². The van der Waals surface area contributed by atoms with Crippen molar-refractivity contribution in [3.05, 3.63) is 65.9 Å². The van der Waals surface area contributed by atoms with Crippen molar-refractivity contribution < 1.29 is 14.1 Å². The Kier molecular flexibility index (Phi) is 9.61. The van der Waals surface area contributed by atoms with Gasteiger partial charge in [-0.1, -0.05) is 47.6 Å².